The molecule has 1 N–H and O–H groups in total. The summed E-state index contributed by atoms with van der Waals surface area (Å²) in [6.45, 7) is 1.57. The molecule has 1 heterocycles. The second-order valence-electron chi connectivity index (χ2n) is 5.76. The van der Waals surface area contributed by atoms with Crippen LogP contribution in [-0.4, -0.2) is 42.5 Å². The average molecular weight is 316 g/mol. The van der Waals surface area contributed by atoms with Crippen LogP contribution in [0.2, 0.25) is 0 Å². The topological polar surface area (TPSA) is 49.4 Å². The molecule has 3 atom stereocenters. The predicted molar refractivity (Wildman–Crippen MR) is 74.7 cm³/mol. The van der Waals surface area contributed by atoms with Crippen molar-refractivity contribution in [2.45, 2.75) is 32.0 Å². The quantitative estimate of drug-likeness (QED) is 0.866. The van der Waals surface area contributed by atoms with Crippen LogP contribution >= 0.6 is 0 Å². The summed E-state index contributed by atoms with van der Waals surface area (Å²) in [7, 11) is 1.56. The van der Waals surface area contributed by atoms with Crippen molar-refractivity contribution in [1.29, 1.82) is 0 Å². The SMILES string of the molecule is CC1C(CNC(=O)C2CCC(=O)N2C)=CC=CC1C(F)(F)F. The van der Waals surface area contributed by atoms with E-state index in [1.165, 1.54) is 17.9 Å². The van der Waals surface area contributed by atoms with Crippen molar-refractivity contribution in [3.05, 3.63) is 23.8 Å². The Morgan fingerprint density at radius 3 is 2.68 bits per heavy atom. The van der Waals surface area contributed by atoms with E-state index in [2.05, 4.69) is 5.32 Å². The molecule has 2 amide bonds. The molecule has 2 aliphatic rings. The summed E-state index contributed by atoms with van der Waals surface area (Å²) in [4.78, 5) is 24.8. The van der Waals surface area contributed by atoms with E-state index in [0.717, 1.165) is 6.08 Å². The van der Waals surface area contributed by atoms with E-state index in [1.54, 1.807) is 13.1 Å². The van der Waals surface area contributed by atoms with Gasteiger partial charge in [-0.05, 0) is 17.9 Å². The van der Waals surface area contributed by atoms with Crippen LogP contribution in [0.5, 0.6) is 0 Å². The summed E-state index contributed by atoms with van der Waals surface area (Å²) < 4.78 is 38.7. The van der Waals surface area contributed by atoms with E-state index < -0.39 is 24.1 Å². The van der Waals surface area contributed by atoms with Gasteiger partial charge >= 0.3 is 6.18 Å². The number of hydrogen-bond acceptors (Lipinski definition) is 2. The second kappa shape index (κ2) is 6.14. The van der Waals surface area contributed by atoms with Gasteiger partial charge in [-0.1, -0.05) is 25.2 Å². The molecule has 1 saturated heterocycles. The van der Waals surface area contributed by atoms with Gasteiger partial charge in [0.1, 0.15) is 6.04 Å². The summed E-state index contributed by atoms with van der Waals surface area (Å²) in [6.07, 6.45) is 0.603. The van der Waals surface area contributed by atoms with Gasteiger partial charge in [0.05, 0.1) is 5.92 Å². The van der Waals surface area contributed by atoms with Gasteiger partial charge in [-0.15, -0.1) is 0 Å². The zero-order chi connectivity index (χ0) is 16.5. The van der Waals surface area contributed by atoms with E-state index >= 15 is 0 Å². The predicted octanol–water partition coefficient (Wildman–Crippen LogP) is 2.03. The van der Waals surface area contributed by atoms with Crippen LogP contribution in [0.1, 0.15) is 19.8 Å². The fraction of sp³-hybridized carbons (Fsp3) is 0.600. The maximum Gasteiger partial charge on any atom is 0.395 e. The van der Waals surface area contributed by atoms with Crippen molar-refractivity contribution in [2.24, 2.45) is 11.8 Å². The molecule has 0 radical (unpaired) electrons. The number of rotatable bonds is 3. The molecule has 122 valence electrons. The number of carbonyl (C=O) groups is 2. The molecule has 7 heteroatoms. The lowest BCUT2D eigenvalue weighted by Crippen LogP contribution is -2.44. The minimum Gasteiger partial charge on any atom is -0.351 e. The van der Waals surface area contributed by atoms with Crippen molar-refractivity contribution in [2.75, 3.05) is 13.6 Å². The van der Waals surface area contributed by atoms with Gasteiger partial charge in [0.2, 0.25) is 11.8 Å². The van der Waals surface area contributed by atoms with Crippen LogP contribution in [0.25, 0.3) is 0 Å². The van der Waals surface area contributed by atoms with E-state index in [4.69, 9.17) is 0 Å². The molecule has 0 aromatic heterocycles. The normalized spacial score (nSPS) is 28.8. The van der Waals surface area contributed by atoms with Gasteiger partial charge in [0.25, 0.3) is 0 Å². The number of carbonyl (C=O) groups excluding carboxylic acids is 2. The Hall–Kier alpha value is -1.79. The lowest BCUT2D eigenvalue weighted by atomic mass is 9.83. The van der Waals surface area contributed by atoms with Gasteiger partial charge in [-0.2, -0.15) is 13.2 Å². The van der Waals surface area contributed by atoms with Crippen LogP contribution in [0.15, 0.2) is 23.8 Å². The minimum absolute atomic E-state index is 0.0649. The summed E-state index contributed by atoms with van der Waals surface area (Å²) in [5.74, 6) is -2.65. The Bertz CT molecular complexity index is 525. The third-order valence-corrected chi connectivity index (χ3v) is 4.39. The second-order valence-corrected chi connectivity index (χ2v) is 5.76. The first kappa shape index (κ1) is 16.6. The number of likely N-dealkylation sites (tertiary alicyclic amines) is 1. The Kier molecular flexibility index (Phi) is 4.63. The number of alkyl halides is 3. The summed E-state index contributed by atoms with van der Waals surface area (Å²) >= 11 is 0. The van der Waals surface area contributed by atoms with Gasteiger partial charge in [0.15, 0.2) is 0 Å². The number of hydrogen-bond donors (Lipinski definition) is 1. The molecule has 0 spiro atoms. The summed E-state index contributed by atoms with van der Waals surface area (Å²) in [5, 5.41) is 2.65. The smallest absolute Gasteiger partial charge is 0.351 e. The molecule has 4 nitrogen and oxygen atoms in total. The van der Waals surface area contributed by atoms with Crippen molar-refractivity contribution in [1.82, 2.24) is 10.2 Å². The molecule has 1 aliphatic carbocycles. The van der Waals surface area contributed by atoms with Crippen LogP contribution in [0.4, 0.5) is 13.2 Å². The maximum atomic E-state index is 12.9. The Morgan fingerprint density at radius 2 is 2.14 bits per heavy atom. The van der Waals surface area contributed by atoms with Crippen molar-refractivity contribution in [3.63, 3.8) is 0 Å². The Morgan fingerprint density at radius 1 is 1.45 bits per heavy atom. The van der Waals surface area contributed by atoms with Crippen molar-refractivity contribution >= 4 is 11.8 Å². The maximum absolute atomic E-state index is 12.9. The van der Waals surface area contributed by atoms with Crippen LogP contribution in [-0.2, 0) is 9.59 Å². The van der Waals surface area contributed by atoms with Crippen molar-refractivity contribution < 1.29 is 22.8 Å². The lowest BCUT2D eigenvalue weighted by molar-refractivity contribution is -0.170. The highest BCUT2D eigenvalue weighted by Gasteiger charge is 2.43. The number of likely N-dealkylation sites (N-methyl/N-ethyl adjacent to an activating group) is 1. The Balaban J connectivity index is 1.94. The molecule has 2 rings (SSSR count). The molecule has 0 aromatic carbocycles. The monoisotopic (exact) mass is 316 g/mol. The molecule has 1 aliphatic heterocycles. The number of halogens is 3. The molecule has 0 saturated carbocycles. The standard InChI is InChI=1S/C15H19F3N2O2/c1-9-10(4-3-5-11(9)15(16,17)18)8-19-14(22)12-6-7-13(21)20(12)2/h3-5,9,11-12H,6-8H2,1-2H3,(H,19,22). The number of amides is 2. The van der Waals surface area contributed by atoms with Gasteiger partial charge in [0, 0.05) is 20.0 Å². The zero-order valence-corrected chi connectivity index (χ0v) is 12.5. The number of nitrogens with zero attached hydrogens (tertiary/aromatic N) is 1. The molecular weight excluding hydrogens is 297 g/mol. The van der Waals surface area contributed by atoms with Crippen LogP contribution < -0.4 is 5.32 Å². The number of allylic oxidation sites excluding steroid dienone is 3. The molecule has 0 aromatic rings. The number of nitrogens with one attached hydrogen (secondary N) is 1. The van der Waals surface area contributed by atoms with E-state index in [9.17, 15) is 22.8 Å². The molecule has 22 heavy (non-hydrogen) atoms. The summed E-state index contributed by atoms with van der Waals surface area (Å²) in [6, 6.07) is -0.527. The lowest BCUT2D eigenvalue weighted by Gasteiger charge is -2.29. The molecule has 3 unspecified atom stereocenters. The van der Waals surface area contributed by atoms with Crippen LogP contribution in [0, 0.1) is 11.8 Å². The largest absolute Gasteiger partial charge is 0.395 e. The molecule has 1 fully saturated rings. The van der Waals surface area contributed by atoms with Gasteiger partial charge in [-0.25, -0.2) is 0 Å². The molecule has 0 bridgehead atoms. The summed E-state index contributed by atoms with van der Waals surface area (Å²) in [5.41, 5.74) is 0.533. The zero-order valence-electron chi connectivity index (χ0n) is 12.5. The first-order valence-electron chi connectivity index (χ1n) is 7.19. The highest BCUT2D eigenvalue weighted by molar-refractivity contribution is 5.90. The Labute approximate surface area is 127 Å². The van der Waals surface area contributed by atoms with Crippen LogP contribution in [0.3, 0.4) is 0 Å². The first-order valence-corrected chi connectivity index (χ1v) is 7.19. The molecular formula is C15H19F3N2O2. The van der Waals surface area contributed by atoms with Crippen molar-refractivity contribution in [3.8, 4) is 0 Å². The fourth-order valence-electron chi connectivity index (χ4n) is 2.88. The van der Waals surface area contributed by atoms with E-state index in [-0.39, 0.29) is 18.4 Å². The third-order valence-electron chi connectivity index (χ3n) is 4.39. The van der Waals surface area contributed by atoms with E-state index in [0.29, 0.717) is 18.4 Å². The highest BCUT2D eigenvalue weighted by atomic mass is 19.4. The van der Waals surface area contributed by atoms with E-state index in [1.807, 2.05) is 0 Å². The minimum atomic E-state index is -4.29. The highest BCUT2D eigenvalue weighted by Crippen LogP contribution is 2.38. The third kappa shape index (κ3) is 3.34. The fourth-order valence-corrected chi connectivity index (χ4v) is 2.88. The first-order chi connectivity index (χ1) is 10.2. The average Bonchev–Trinajstić information content (AvgIpc) is 2.76. The van der Waals surface area contributed by atoms with Gasteiger partial charge in [-0.3, -0.25) is 9.59 Å². The van der Waals surface area contributed by atoms with Gasteiger partial charge < -0.3 is 10.2 Å².